The summed E-state index contributed by atoms with van der Waals surface area (Å²) in [6, 6.07) is 7.80. The van der Waals surface area contributed by atoms with Crippen molar-refractivity contribution in [3.63, 3.8) is 0 Å². The number of carbonyl (C=O) groups is 2. The first-order valence-corrected chi connectivity index (χ1v) is 14.6. The van der Waals surface area contributed by atoms with Gasteiger partial charge in [-0.2, -0.15) is 13.2 Å². The van der Waals surface area contributed by atoms with E-state index in [4.69, 9.17) is 4.74 Å². The van der Waals surface area contributed by atoms with E-state index >= 15 is 0 Å². The Labute approximate surface area is 245 Å². The second kappa shape index (κ2) is 13.8. The van der Waals surface area contributed by atoms with E-state index in [1.54, 1.807) is 24.0 Å². The van der Waals surface area contributed by atoms with Crippen LogP contribution in [0.3, 0.4) is 0 Å². The predicted molar refractivity (Wildman–Crippen MR) is 156 cm³/mol. The summed E-state index contributed by atoms with van der Waals surface area (Å²) in [4.78, 5) is 30.3. The van der Waals surface area contributed by atoms with Crippen molar-refractivity contribution in [2.75, 3.05) is 43.9 Å². The monoisotopic (exact) mass is 590 g/mol. The van der Waals surface area contributed by atoms with Crippen LogP contribution >= 0.6 is 0 Å². The number of hydrogen-bond donors (Lipinski definition) is 3. The second-order valence-corrected chi connectivity index (χ2v) is 11.7. The fraction of sp³-hybridized carbons (Fsp3) is 0.548. The molecule has 4 rings (SSSR count). The van der Waals surface area contributed by atoms with E-state index in [0.29, 0.717) is 30.4 Å². The molecule has 0 unspecified atom stereocenters. The third kappa shape index (κ3) is 8.16. The Morgan fingerprint density at radius 3 is 2.36 bits per heavy atom. The minimum absolute atomic E-state index is 0.00257. The van der Waals surface area contributed by atoms with Crippen LogP contribution in [0.4, 0.5) is 29.3 Å². The fourth-order valence-electron chi connectivity index (χ4n) is 5.75. The van der Waals surface area contributed by atoms with E-state index in [9.17, 15) is 27.9 Å². The van der Waals surface area contributed by atoms with Crippen molar-refractivity contribution in [2.24, 2.45) is 11.8 Å². The number of aliphatic hydroxyl groups is 1. The summed E-state index contributed by atoms with van der Waals surface area (Å²) in [5.74, 6) is 0.748. The molecule has 1 heterocycles. The number of alkyl halides is 3. The summed E-state index contributed by atoms with van der Waals surface area (Å²) >= 11 is 0. The summed E-state index contributed by atoms with van der Waals surface area (Å²) in [7, 11) is 2.10. The smallest absolute Gasteiger partial charge is 0.416 e. The zero-order valence-electron chi connectivity index (χ0n) is 24.4. The highest BCUT2D eigenvalue weighted by Crippen LogP contribution is 2.32. The van der Waals surface area contributed by atoms with Crippen molar-refractivity contribution in [3.8, 4) is 5.75 Å². The van der Waals surface area contributed by atoms with Gasteiger partial charge in [-0.15, -0.1) is 0 Å². The molecule has 2 aromatic rings. The molecule has 1 saturated carbocycles. The van der Waals surface area contributed by atoms with Crippen LogP contribution in [0.2, 0.25) is 0 Å². The van der Waals surface area contributed by atoms with Gasteiger partial charge in [0, 0.05) is 36.9 Å². The van der Waals surface area contributed by atoms with E-state index < -0.39 is 23.8 Å². The van der Waals surface area contributed by atoms with Crippen molar-refractivity contribution in [1.82, 2.24) is 9.80 Å². The minimum atomic E-state index is -4.47. The first-order valence-electron chi connectivity index (χ1n) is 14.6. The molecule has 2 aliphatic rings. The summed E-state index contributed by atoms with van der Waals surface area (Å²) in [5, 5.41) is 15.1. The standard InChI is InChI=1S/C31H41F3N4O4/c1-20-16-38(21(2)19-39)29(40)26-15-25(36-30(41)35-24-11-9-23(10-12-24)31(32,33)34)13-14-27(26)42-28(20)18-37(3)17-22-7-5-4-6-8-22/h9-15,20-22,28,39H,4-8,16-19H2,1-3H3,(H2,35,36,41)/t20-,21+,28+/m1/s1. The summed E-state index contributed by atoms with van der Waals surface area (Å²) < 4.78 is 45.0. The molecular weight excluding hydrogens is 549 g/mol. The average molecular weight is 591 g/mol. The Balaban J connectivity index is 1.51. The quantitative estimate of drug-likeness (QED) is 0.347. The molecule has 3 N–H and O–H groups in total. The fourth-order valence-corrected chi connectivity index (χ4v) is 5.75. The van der Waals surface area contributed by atoms with Crippen LogP contribution in [0.25, 0.3) is 0 Å². The van der Waals surface area contributed by atoms with Crippen LogP contribution < -0.4 is 15.4 Å². The summed E-state index contributed by atoms with van der Waals surface area (Å²) in [5.41, 5.74) is -0.0628. The number of fused-ring (bicyclic) bond motifs is 1. The molecule has 230 valence electrons. The van der Waals surface area contributed by atoms with Gasteiger partial charge in [0.05, 0.1) is 23.8 Å². The van der Waals surface area contributed by atoms with Crippen LogP contribution in [0.1, 0.15) is 61.9 Å². The number of likely N-dealkylation sites (N-methyl/N-ethyl adjacent to an activating group) is 1. The molecule has 2 aromatic carbocycles. The number of amides is 3. The largest absolute Gasteiger partial charge is 0.488 e. The van der Waals surface area contributed by atoms with Gasteiger partial charge in [-0.05, 0) is 75.2 Å². The molecule has 3 atom stereocenters. The predicted octanol–water partition coefficient (Wildman–Crippen LogP) is 6.08. The van der Waals surface area contributed by atoms with Crippen molar-refractivity contribution < 1.29 is 32.6 Å². The van der Waals surface area contributed by atoms with Crippen molar-refractivity contribution in [1.29, 1.82) is 0 Å². The number of urea groups is 1. The van der Waals surface area contributed by atoms with Gasteiger partial charge < -0.3 is 30.3 Å². The first kappa shape index (κ1) is 31.6. The molecular formula is C31H41F3N4O4. The molecule has 8 nitrogen and oxygen atoms in total. The third-order valence-electron chi connectivity index (χ3n) is 8.18. The van der Waals surface area contributed by atoms with Crippen molar-refractivity contribution in [3.05, 3.63) is 53.6 Å². The van der Waals surface area contributed by atoms with Crippen LogP contribution in [0.15, 0.2) is 42.5 Å². The van der Waals surface area contributed by atoms with Gasteiger partial charge in [0.25, 0.3) is 5.91 Å². The van der Waals surface area contributed by atoms with Crippen LogP contribution in [-0.4, -0.2) is 72.3 Å². The lowest BCUT2D eigenvalue weighted by molar-refractivity contribution is -0.137. The van der Waals surface area contributed by atoms with Crippen molar-refractivity contribution in [2.45, 2.75) is 64.3 Å². The normalized spacial score (nSPS) is 20.8. The molecule has 3 amide bonds. The number of hydrogen-bond acceptors (Lipinski definition) is 5. The number of halogens is 3. The number of carbonyl (C=O) groups excluding carboxylic acids is 2. The molecule has 0 spiro atoms. The third-order valence-corrected chi connectivity index (χ3v) is 8.18. The first-order chi connectivity index (χ1) is 19.9. The molecule has 1 aliphatic carbocycles. The maximum atomic E-state index is 13.7. The van der Waals surface area contributed by atoms with Crippen LogP contribution in [0, 0.1) is 11.8 Å². The SMILES string of the molecule is C[C@@H]1CN([C@@H](C)CO)C(=O)c2cc(NC(=O)Nc3ccc(C(F)(F)F)cc3)ccc2O[C@H]1CN(C)CC1CCCCC1. The Bertz CT molecular complexity index is 1220. The van der Waals surface area contributed by atoms with E-state index in [-0.39, 0.29) is 35.8 Å². The lowest BCUT2D eigenvalue weighted by atomic mass is 9.89. The van der Waals surface area contributed by atoms with Gasteiger partial charge in [0.15, 0.2) is 0 Å². The molecule has 11 heteroatoms. The molecule has 0 radical (unpaired) electrons. The maximum absolute atomic E-state index is 13.7. The highest BCUT2D eigenvalue weighted by molar-refractivity contribution is 6.02. The number of benzene rings is 2. The van der Waals surface area contributed by atoms with Gasteiger partial charge >= 0.3 is 12.2 Å². The Morgan fingerprint density at radius 2 is 1.71 bits per heavy atom. The van der Waals surface area contributed by atoms with E-state index in [2.05, 4.69) is 29.5 Å². The van der Waals surface area contributed by atoms with Crippen LogP contribution in [-0.2, 0) is 6.18 Å². The number of aliphatic hydroxyl groups excluding tert-OH is 1. The highest BCUT2D eigenvalue weighted by Gasteiger charge is 2.34. The zero-order chi connectivity index (χ0) is 30.4. The lowest BCUT2D eigenvalue weighted by Crippen LogP contribution is -2.50. The number of nitrogens with zero attached hydrogens (tertiary/aromatic N) is 2. The molecule has 0 bridgehead atoms. The Morgan fingerprint density at radius 1 is 1.07 bits per heavy atom. The Hall–Kier alpha value is -3.31. The molecule has 0 aromatic heterocycles. The maximum Gasteiger partial charge on any atom is 0.416 e. The van der Waals surface area contributed by atoms with Gasteiger partial charge in [-0.25, -0.2) is 4.79 Å². The number of nitrogens with one attached hydrogen (secondary N) is 2. The van der Waals surface area contributed by atoms with E-state index in [0.717, 1.165) is 18.7 Å². The Kier molecular flexibility index (Phi) is 10.4. The number of anilines is 2. The number of rotatable bonds is 8. The number of ether oxygens (including phenoxy) is 1. The van der Waals surface area contributed by atoms with Crippen molar-refractivity contribution >= 4 is 23.3 Å². The van der Waals surface area contributed by atoms with Crippen LogP contribution in [0.5, 0.6) is 5.75 Å². The van der Waals surface area contributed by atoms with Gasteiger partial charge in [0.2, 0.25) is 0 Å². The molecule has 0 saturated heterocycles. The molecule has 42 heavy (non-hydrogen) atoms. The zero-order valence-corrected chi connectivity index (χ0v) is 24.4. The topological polar surface area (TPSA) is 94.1 Å². The second-order valence-electron chi connectivity index (χ2n) is 11.7. The van der Waals surface area contributed by atoms with Gasteiger partial charge in [-0.1, -0.05) is 26.2 Å². The van der Waals surface area contributed by atoms with Gasteiger partial charge in [0.1, 0.15) is 11.9 Å². The van der Waals surface area contributed by atoms with E-state index in [1.807, 2.05) is 0 Å². The minimum Gasteiger partial charge on any atom is -0.488 e. The summed E-state index contributed by atoms with van der Waals surface area (Å²) in [6.45, 7) is 5.71. The summed E-state index contributed by atoms with van der Waals surface area (Å²) in [6.07, 6.45) is 1.66. The van der Waals surface area contributed by atoms with E-state index in [1.165, 1.54) is 50.3 Å². The van der Waals surface area contributed by atoms with Gasteiger partial charge in [-0.3, -0.25) is 4.79 Å². The molecule has 1 fully saturated rings. The molecule has 1 aliphatic heterocycles. The lowest BCUT2D eigenvalue weighted by Gasteiger charge is -2.38. The average Bonchev–Trinajstić information content (AvgIpc) is 2.95. The highest BCUT2D eigenvalue weighted by atomic mass is 19.4.